The maximum Gasteiger partial charge on any atom is 0.357 e. The minimum absolute atomic E-state index is 0.105. The Labute approximate surface area is 164 Å². The van der Waals surface area contributed by atoms with Crippen molar-refractivity contribution in [2.45, 2.75) is 52.1 Å². The van der Waals surface area contributed by atoms with Gasteiger partial charge in [-0.2, -0.15) is 0 Å². The fourth-order valence-electron chi connectivity index (χ4n) is 3.59. The monoisotopic (exact) mass is 383 g/mol. The number of carboxylic acid groups (broad SMARTS) is 1. The Hall–Kier alpha value is -2.70. The van der Waals surface area contributed by atoms with Crippen LogP contribution in [0.25, 0.3) is 0 Å². The van der Waals surface area contributed by atoms with Gasteiger partial charge >= 0.3 is 5.97 Å². The smallest absolute Gasteiger partial charge is 0.357 e. The molecular formula is C22H25NO5. The SMILES string of the molecule is C=C/C=C/[C@@H]1C[C@H](Cc2nc(C(=O)O)co2)O[C@H](c2c(C)cc(C)cc2C)O1. The van der Waals surface area contributed by atoms with Crippen molar-refractivity contribution in [2.24, 2.45) is 0 Å². The van der Waals surface area contributed by atoms with Crippen molar-refractivity contribution in [3.05, 3.63) is 77.0 Å². The van der Waals surface area contributed by atoms with Crippen LogP contribution in [-0.2, 0) is 15.9 Å². The summed E-state index contributed by atoms with van der Waals surface area (Å²) in [5, 5.41) is 9.03. The maximum absolute atomic E-state index is 11.0. The number of oxazole rings is 1. The van der Waals surface area contributed by atoms with Crippen molar-refractivity contribution >= 4 is 5.97 Å². The highest BCUT2D eigenvalue weighted by Crippen LogP contribution is 2.35. The number of aromatic carboxylic acids is 1. The predicted octanol–water partition coefficient (Wildman–Crippen LogP) is 4.46. The molecule has 1 saturated heterocycles. The summed E-state index contributed by atoms with van der Waals surface area (Å²) in [5.41, 5.74) is 4.32. The summed E-state index contributed by atoms with van der Waals surface area (Å²) in [5.74, 6) is -0.773. The lowest BCUT2D eigenvalue weighted by Crippen LogP contribution is -2.34. The highest BCUT2D eigenvalue weighted by molar-refractivity contribution is 5.84. The van der Waals surface area contributed by atoms with E-state index in [0.29, 0.717) is 18.7 Å². The van der Waals surface area contributed by atoms with E-state index in [9.17, 15) is 4.79 Å². The fraction of sp³-hybridized carbons (Fsp3) is 0.364. The molecule has 3 atom stereocenters. The van der Waals surface area contributed by atoms with Gasteiger partial charge in [0.05, 0.1) is 18.6 Å². The van der Waals surface area contributed by atoms with Crippen LogP contribution in [0.15, 0.2) is 47.6 Å². The van der Waals surface area contributed by atoms with E-state index in [1.165, 1.54) is 5.56 Å². The van der Waals surface area contributed by atoms with E-state index in [1.807, 2.05) is 26.0 Å². The third kappa shape index (κ3) is 4.58. The summed E-state index contributed by atoms with van der Waals surface area (Å²) in [4.78, 5) is 15.0. The Bertz CT molecular complexity index is 875. The molecule has 0 unspecified atom stereocenters. The second kappa shape index (κ2) is 8.54. The molecule has 0 radical (unpaired) electrons. The van der Waals surface area contributed by atoms with Crippen LogP contribution >= 0.6 is 0 Å². The lowest BCUT2D eigenvalue weighted by Gasteiger charge is -2.35. The molecule has 0 amide bonds. The average molecular weight is 383 g/mol. The second-order valence-electron chi connectivity index (χ2n) is 7.07. The van der Waals surface area contributed by atoms with Gasteiger partial charge in [0.2, 0.25) is 0 Å². The first kappa shape index (κ1) is 20.0. The second-order valence-corrected chi connectivity index (χ2v) is 7.07. The van der Waals surface area contributed by atoms with Gasteiger partial charge in [0.15, 0.2) is 17.9 Å². The van der Waals surface area contributed by atoms with Crippen molar-refractivity contribution < 1.29 is 23.8 Å². The van der Waals surface area contributed by atoms with Crippen LogP contribution in [-0.4, -0.2) is 28.3 Å². The van der Waals surface area contributed by atoms with Crippen LogP contribution in [0.1, 0.15) is 51.3 Å². The Morgan fingerprint density at radius 2 is 2.00 bits per heavy atom. The Morgan fingerprint density at radius 1 is 1.29 bits per heavy atom. The van der Waals surface area contributed by atoms with Crippen LogP contribution in [0.5, 0.6) is 0 Å². The number of hydrogen-bond donors (Lipinski definition) is 1. The Morgan fingerprint density at radius 3 is 2.61 bits per heavy atom. The van der Waals surface area contributed by atoms with Gasteiger partial charge in [-0.25, -0.2) is 9.78 Å². The van der Waals surface area contributed by atoms with Crippen molar-refractivity contribution in [1.29, 1.82) is 0 Å². The molecule has 2 aromatic rings. The van der Waals surface area contributed by atoms with E-state index < -0.39 is 12.3 Å². The van der Waals surface area contributed by atoms with Gasteiger partial charge in [-0.3, -0.25) is 0 Å². The van der Waals surface area contributed by atoms with Gasteiger partial charge in [0, 0.05) is 12.0 Å². The lowest BCUT2D eigenvalue weighted by atomic mass is 9.98. The lowest BCUT2D eigenvalue weighted by molar-refractivity contribution is -0.237. The topological polar surface area (TPSA) is 81.8 Å². The number of benzene rings is 1. The summed E-state index contributed by atoms with van der Waals surface area (Å²) < 4.78 is 17.7. The molecule has 0 spiro atoms. The van der Waals surface area contributed by atoms with Gasteiger partial charge in [-0.1, -0.05) is 42.5 Å². The molecule has 0 saturated carbocycles. The van der Waals surface area contributed by atoms with Gasteiger partial charge < -0.3 is 19.0 Å². The molecule has 148 valence electrons. The van der Waals surface area contributed by atoms with Crippen molar-refractivity contribution in [1.82, 2.24) is 4.98 Å². The molecular weight excluding hydrogens is 358 g/mol. The molecule has 1 aliphatic heterocycles. The first-order chi connectivity index (χ1) is 13.4. The van der Waals surface area contributed by atoms with Crippen LogP contribution in [0, 0.1) is 20.8 Å². The number of aromatic nitrogens is 1. The number of allylic oxidation sites excluding steroid dienone is 2. The number of aryl methyl sites for hydroxylation is 3. The van der Waals surface area contributed by atoms with Crippen molar-refractivity contribution in [3.8, 4) is 0 Å². The number of carbonyl (C=O) groups is 1. The Balaban J connectivity index is 1.85. The summed E-state index contributed by atoms with van der Waals surface area (Å²) in [6.07, 6.45) is 6.74. The highest BCUT2D eigenvalue weighted by atomic mass is 16.7. The van der Waals surface area contributed by atoms with E-state index in [2.05, 4.69) is 30.6 Å². The summed E-state index contributed by atoms with van der Waals surface area (Å²) >= 11 is 0. The zero-order chi connectivity index (χ0) is 20.3. The van der Waals surface area contributed by atoms with Crippen LogP contribution in [0.3, 0.4) is 0 Å². The van der Waals surface area contributed by atoms with E-state index >= 15 is 0 Å². The van der Waals surface area contributed by atoms with Crippen LogP contribution < -0.4 is 0 Å². The molecule has 1 fully saturated rings. The van der Waals surface area contributed by atoms with E-state index in [1.54, 1.807) is 6.08 Å². The molecule has 2 heterocycles. The standard InChI is InChI=1S/C22H25NO5/c1-5-6-7-16-10-17(11-19-23-18(12-26-19)21(24)25)28-22(27-16)20-14(3)8-13(2)9-15(20)4/h5-9,12,16-17,22H,1,10-11H2,2-4H3,(H,24,25)/b7-6+/t16-,17-,22-/m1/s1. The average Bonchev–Trinajstić information content (AvgIpc) is 3.08. The molecule has 28 heavy (non-hydrogen) atoms. The number of nitrogens with zero attached hydrogens (tertiary/aromatic N) is 1. The normalized spacial score (nSPS) is 22.5. The third-order valence-electron chi connectivity index (χ3n) is 4.72. The third-order valence-corrected chi connectivity index (χ3v) is 4.72. The fourth-order valence-corrected chi connectivity index (χ4v) is 3.59. The van der Waals surface area contributed by atoms with E-state index in [0.717, 1.165) is 23.0 Å². The molecule has 1 aromatic carbocycles. The largest absolute Gasteiger partial charge is 0.476 e. The van der Waals surface area contributed by atoms with Crippen molar-refractivity contribution in [3.63, 3.8) is 0 Å². The highest BCUT2D eigenvalue weighted by Gasteiger charge is 2.32. The first-order valence-electron chi connectivity index (χ1n) is 9.23. The zero-order valence-electron chi connectivity index (χ0n) is 16.3. The molecule has 1 aromatic heterocycles. The van der Waals surface area contributed by atoms with E-state index in [-0.39, 0.29) is 17.9 Å². The molecule has 1 aliphatic rings. The summed E-state index contributed by atoms with van der Waals surface area (Å²) in [6.45, 7) is 9.87. The Kier molecular flexibility index (Phi) is 6.11. The molecule has 0 bridgehead atoms. The quantitative estimate of drug-likeness (QED) is 0.742. The molecule has 6 heteroatoms. The van der Waals surface area contributed by atoms with Gasteiger partial charge in [-0.05, 0) is 31.9 Å². The minimum Gasteiger partial charge on any atom is -0.476 e. The van der Waals surface area contributed by atoms with Gasteiger partial charge in [-0.15, -0.1) is 0 Å². The van der Waals surface area contributed by atoms with Crippen molar-refractivity contribution in [2.75, 3.05) is 0 Å². The molecule has 6 nitrogen and oxygen atoms in total. The number of hydrogen-bond acceptors (Lipinski definition) is 5. The molecule has 1 N–H and O–H groups in total. The molecule has 0 aliphatic carbocycles. The number of ether oxygens (including phenoxy) is 2. The predicted molar refractivity (Wildman–Crippen MR) is 104 cm³/mol. The first-order valence-corrected chi connectivity index (χ1v) is 9.23. The van der Waals surface area contributed by atoms with E-state index in [4.69, 9.17) is 19.0 Å². The number of rotatable bonds is 6. The van der Waals surface area contributed by atoms with Crippen LogP contribution in [0.4, 0.5) is 0 Å². The zero-order valence-corrected chi connectivity index (χ0v) is 16.3. The van der Waals surface area contributed by atoms with Crippen LogP contribution in [0.2, 0.25) is 0 Å². The van der Waals surface area contributed by atoms with Gasteiger partial charge in [0.1, 0.15) is 6.26 Å². The molecule has 3 rings (SSSR count). The minimum atomic E-state index is -1.11. The summed E-state index contributed by atoms with van der Waals surface area (Å²) in [6, 6.07) is 4.22. The summed E-state index contributed by atoms with van der Waals surface area (Å²) in [7, 11) is 0. The maximum atomic E-state index is 11.0. The number of carboxylic acids is 1. The van der Waals surface area contributed by atoms with Gasteiger partial charge in [0.25, 0.3) is 0 Å².